The van der Waals surface area contributed by atoms with E-state index in [4.69, 9.17) is 0 Å². The Balaban J connectivity index is 1.91. The minimum absolute atomic E-state index is 1.00. The molecule has 0 aliphatic carbocycles. The number of hydrogen-bond acceptors (Lipinski definition) is 3. The van der Waals surface area contributed by atoms with Gasteiger partial charge < -0.3 is 10.2 Å². The predicted octanol–water partition coefficient (Wildman–Crippen LogP) is 1.75. The second-order valence-electron chi connectivity index (χ2n) is 4.18. The van der Waals surface area contributed by atoms with E-state index in [2.05, 4.69) is 62.4 Å². The number of hydrogen-bond donors (Lipinski definition) is 1. The van der Waals surface area contributed by atoms with E-state index < -0.39 is 0 Å². The Morgan fingerprint density at radius 1 is 1.25 bits per heavy atom. The van der Waals surface area contributed by atoms with Gasteiger partial charge in [-0.05, 0) is 24.3 Å². The number of nitrogens with one attached hydrogen (secondary N) is 1. The van der Waals surface area contributed by atoms with E-state index in [0.29, 0.717) is 0 Å². The highest BCUT2D eigenvalue weighted by Gasteiger charge is 2.11. The Bertz CT molecular complexity index is 320. The van der Waals surface area contributed by atoms with Gasteiger partial charge in [-0.25, -0.2) is 0 Å². The van der Waals surface area contributed by atoms with Crippen LogP contribution in [-0.4, -0.2) is 44.8 Å². The predicted molar refractivity (Wildman–Crippen MR) is 71.9 cm³/mol. The molecule has 0 atom stereocenters. The van der Waals surface area contributed by atoms with Crippen LogP contribution in [0.15, 0.2) is 28.7 Å². The molecule has 1 heterocycles. The summed E-state index contributed by atoms with van der Waals surface area (Å²) >= 11 is 3.46. The van der Waals surface area contributed by atoms with E-state index in [1.165, 1.54) is 5.69 Å². The van der Waals surface area contributed by atoms with Gasteiger partial charge in [0.2, 0.25) is 0 Å². The molecule has 1 saturated heterocycles. The molecule has 2 rings (SSSR count). The van der Waals surface area contributed by atoms with Crippen molar-refractivity contribution in [3.05, 3.63) is 28.7 Å². The molecule has 0 spiro atoms. The first-order valence-electron chi connectivity index (χ1n) is 5.65. The molecule has 1 aromatic carbocycles. The van der Waals surface area contributed by atoms with Gasteiger partial charge in [0.15, 0.2) is 0 Å². The molecule has 16 heavy (non-hydrogen) atoms. The van der Waals surface area contributed by atoms with E-state index in [-0.39, 0.29) is 0 Å². The number of benzene rings is 1. The molecule has 1 N–H and O–H groups in total. The Labute approximate surface area is 106 Å². The zero-order valence-electron chi connectivity index (χ0n) is 9.62. The van der Waals surface area contributed by atoms with Crippen LogP contribution in [0.2, 0.25) is 0 Å². The lowest BCUT2D eigenvalue weighted by molar-refractivity contribution is 0.243. The number of anilines is 1. The van der Waals surface area contributed by atoms with Crippen LogP contribution in [0.4, 0.5) is 5.69 Å². The lowest BCUT2D eigenvalue weighted by Gasteiger charge is -2.32. The molecule has 1 aliphatic rings. The summed E-state index contributed by atoms with van der Waals surface area (Å²) in [6.45, 7) is 5.49. The van der Waals surface area contributed by atoms with Crippen LogP contribution >= 0.6 is 15.9 Å². The van der Waals surface area contributed by atoms with Crippen molar-refractivity contribution in [2.45, 2.75) is 0 Å². The molecular formula is C12H18BrN3. The molecule has 0 amide bonds. The van der Waals surface area contributed by atoms with Crippen molar-refractivity contribution in [2.24, 2.45) is 0 Å². The molecule has 1 aliphatic heterocycles. The standard InChI is InChI=1S/C12H18BrN3/c1-15(10-16-8-6-14-7-9-16)12-4-2-11(13)3-5-12/h2-5,14H,6-10H2,1H3. The molecular weight excluding hydrogens is 266 g/mol. The van der Waals surface area contributed by atoms with Crippen molar-refractivity contribution in [1.82, 2.24) is 10.2 Å². The summed E-state index contributed by atoms with van der Waals surface area (Å²) in [5, 5.41) is 3.37. The van der Waals surface area contributed by atoms with Gasteiger partial charge >= 0.3 is 0 Å². The van der Waals surface area contributed by atoms with Crippen molar-refractivity contribution < 1.29 is 0 Å². The van der Waals surface area contributed by atoms with Gasteiger partial charge in [0.1, 0.15) is 0 Å². The summed E-state index contributed by atoms with van der Waals surface area (Å²) in [6.07, 6.45) is 0. The average Bonchev–Trinajstić information content (AvgIpc) is 2.31. The number of piperazine rings is 1. The monoisotopic (exact) mass is 283 g/mol. The van der Waals surface area contributed by atoms with Gasteiger partial charge in [-0.3, -0.25) is 4.90 Å². The molecule has 0 bridgehead atoms. The minimum atomic E-state index is 1.00. The molecule has 1 aromatic rings. The van der Waals surface area contributed by atoms with E-state index in [0.717, 1.165) is 37.3 Å². The first-order valence-corrected chi connectivity index (χ1v) is 6.45. The highest BCUT2D eigenvalue weighted by molar-refractivity contribution is 9.10. The fourth-order valence-corrected chi connectivity index (χ4v) is 2.19. The van der Waals surface area contributed by atoms with Crippen LogP contribution < -0.4 is 10.2 Å². The maximum atomic E-state index is 3.46. The van der Waals surface area contributed by atoms with Gasteiger partial charge in [0, 0.05) is 43.4 Å². The fraction of sp³-hybridized carbons (Fsp3) is 0.500. The van der Waals surface area contributed by atoms with Crippen molar-refractivity contribution in [3.63, 3.8) is 0 Å². The molecule has 1 fully saturated rings. The highest BCUT2D eigenvalue weighted by atomic mass is 79.9. The van der Waals surface area contributed by atoms with Gasteiger partial charge in [-0.2, -0.15) is 0 Å². The van der Waals surface area contributed by atoms with Gasteiger partial charge in [0.25, 0.3) is 0 Å². The first kappa shape index (κ1) is 11.9. The second kappa shape index (κ2) is 5.66. The Kier molecular flexibility index (Phi) is 4.21. The van der Waals surface area contributed by atoms with Crippen LogP contribution in [0.25, 0.3) is 0 Å². The zero-order valence-corrected chi connectivity index (χ0v) is 11.2. The van der Waals surface area contributed by atoms with Crippen molar-refractivity contribution in [2.75, 3.05) is 44.8 Å². The van der Waals surface area contributed by atoms with E-state index in [1.807, 2.05) is 0 Å². The van der Waals surface area contributed by atoms with Crippen LogP contribution in [0.5, 0.6) is 0 Å². The molecule has 4 heteroatoms. The summed E-state index contributed by atoms with van der Waals surface area (Å²) in [6, 6.07) is 8.46. The summed E-state index contributed by atoms with van der Waals surface area (Å²) in [5.74, 6) is 0. The normalized spacial score (nSPS) is 17.4. The largest absolute Gasteiger partial charge is 0.362 e. The number of halogens is 1. The fourth-order valence-electron chi connectivity index (χ4n) is 1.93. The first-order chi connectivity index (χ1) is 7.75. The third-order valence-electron chi connectivity index (χ3n) is 2.89. The summed E-state index contributed by atoms with van der Waals surface area (Å²) < 4.78 is 1.13. The van der Waals surface area contributed by atoms with Crippen molar-refractivity contribution in [3.8, 4) is 0 Å². The van der Waals surface area contributed by atoms with Gasteiger partial charge in [-0.15, -0.1) is 0 Å². The SMILES string of the molecule is CN(CN1CCNCC1)c1ccc(Br)cc1. The van der Waals surface area contributed by atoms with Gasteiger partial charge in [-0.1, -0.05) is 15.9 Å². The maximum absolute atomic E-state index is 3.46. The zero-order chi connectivity index (χ0) is 11.4. The summed E-state index contributed by atoms with van der Waals surface area (Å²) in [5.41, 5.74) is 1.27. The third-order valence-corrected chi connectivity index (χ3v) is 3.42. The molecule has 0 unspecified atom stereocenters. The second-order valence-corrected chi connectivity index (χ2v) is 5.10. The Morgan fingerprint density at radius 2 is 1.88 bits per heavy atom. The summed E-state index contributed by atoms with van der Waals surface area (Å²) in [7, 11) is 2.14. The van der Waals surface area contributed by atoms with E-state index in [9.17, 15) is 0 Å². The van der Waals surface area contributed by atoms with E-state index >= 15 is 0 Å². The van der Waals surface area contributed by atoms with Crippen molar-refractivity contribution >= 4 is 21.6 Å². The van der Waals surface area contributed by atoms with Crippen LogP contribution in [-0.2, 0) is 0 Å². The smallest absolute Gasteiger partial charge is 0.0704 e. The summed E-state index contributed by atoms with van der Waals surface area (Å²) in [4.78, 5) is 4.76. The topological polar surface area (TPSA) is 18.5 Å². The molecule has 88 valence electrons. The number of rotatable bonds is 3. The van der Waals surface area contributed by atoms with Crippen molar-refractivity contribution in [1.29, 1.82) is 0 Å². The molecule has 0 saturated carbocycles. The maximum Gasteiger partial charge on any atom is 0.0704 e. The lowest BCUT2D eigenvalue weighted by Crippen LogP contribution is -2.47. The van der Waals surface area contributed by atoms with Gasteiger partial charge in [0.05, 0.1) is 6.67 Å². The lowest BCUT2D eigenvalue weighted by atomic mass is 10.3. The quantitative estimate of drug-likeness (QED) is 0.912. The van der Waals surface area contributed by atoms with Crippen LogP contribution in [0.1, 0.15) is 0 Å². The molecule has 3 nitrogen and oxygen atoms in total. The highest BCUT2D eigenvalue weighted by Crippen LogP contribution is 2.17. The Morgan fingerprint density at radius 3 is 2.50 bits per heavy atom. The number of nitrogens with zero attached hydrogens (tertiary/aromatic N) is 2. The van der Waals surface area contributed by atoms with Crippen LogP contribution in [0, 0.1) is 0 Å². The minimum Gasteiger partial charge on any atom is -0.362 e. The average molecular weight is 284 g/mol. The van der Waals surface area contributed by atoms with Crippen LogP contribution in [0.3, 0.4) is 0 Å². The Hall–Kier alpha value is -0.580. The molecule has 0 aromatic heterocycles. The molecule has 0 radical (unpaired) electrons. The third kappa shape index (κ3) is 3.20. The van der Waals surface area contributed by atoms with E-state index in [1.54, 1.807) is 0 Å².